The van der Waals surface area contributed by atoms with Crippen LogP contribution in [0.3, 0.4) is 0 Å². The normalized spacial score (nSPS) is 18.4. The van der Waals surface area contributed by atoms with Crippen molar-refractivity contribution >= 4 is 6.03 Å². The van der Waals surface area contributed by atoms with Crippen molar-refractivity contribution in [2.75, 3.05) is 20.1 Å². The van der Waals surface area contributed by atoms with E-state index < -0.39 is 0 Å². The molecule has 1 fully saturated rings. The average Bonchev–Trinajstić information content (AvgIpc) is 2.09. The number of amides is 2. The molecule has 14 heavy (non-hydrogen) atoms. The number of carbonyl (C=O) groups excluding carboxylic acids is 1. The van der Waals surface area contributed by atoms with Crippen LogP contribution in [0.4, 0.5) is 4.79 Å². The molecular formula is C10H21N3O. The van der Waals surface area contributed by atoms with Gasteiger partial charge in [0.15, 0.2) is 0 Å². The summed E-state index contributed by atoms with van der Waals surface area (Å²) in [5.41, 5.74) is 0. The van der Waals surface area contributed by atoms with Crippen molar-refractivity contribution in [3.05, 3.63) is 0 Å². The topological polar surface area (TPSA) is 53.2 Å². The summed E-state index contributed by atoms with van der Waals surface area (Å²) in [5.74, 6) is 0.479. The van der Waals surface area contributed by atoms with Crippen molar-refractivity contribution in [3.63, 3.8) is 0 Å². The van der Waals surface area contributed by atoms with Crippen LogP contribution in [-0.2, 0) is 0 Å². The smallest absolute Gasteiger partial charge is 0.315 e. The van der Waals surface area contributed by atoms with E-state index in [1.54, 1.807) is 0 Å². The Labute approximate surface area is 85.8 Å². The third-order valence-corrected chi connectivity index (χ3v) is 2.60. The predicted molar refractivity (Wildman–Crippen MR) is 57.3 cm³/mol. The van der Waals surface area contributed by atoms with Gasteiger partial charge in [-0.25, -0.2) is 4.79 Å². The molecule has 0 aliphatic heterocycles. The van der Waals surface area contributed by atoms with Gasteiger partial charge in [-0.05, 0) is 38.8 Å². The highest BCUT2D eigenvalue weighted by Gasteiger charge is 2.19. The molecule has 0 saturated heterocycles. The molecule has 2 amide bonds. The van der Waals surface area contributed by atoms with E-state index in [2.05, 4.69) is 22.9 Å². The summed E-state index contributed by atoms with van der Waals surface area (Å²) in [7, 11) is 1.92. The Kier molecular flexibility index (Phi) is 4.73. The van der Waals surface area contributed by atoms with E-state index in [0.717, 1.165) is 25.9 Å². The lowest BCUT2D eigenvalue weighted by Gasteiger charge is -2.26. The second-order valence-electron chi connectivity index (χ2n) is 4.15. The quantitative estimate of drug-likeness (QED) is 0.610. The summed E-state index contributed by atoms with van der Waals surface area (Å²) in [4.78, 5) is 11.3. The SMILES string of the molecule is CNCC(C)CNC(=O)NC1CCC1. The second kappa shape index (κ2) is 5.86. The molecule has 0 bridgehead atoms. The number of urea groups is 1. The van der Waals surface area contributed by atoms with Crippen molar-refractivity contribution in [2.45, 2.75) is 32.2 Å². The minimum absolute atomic E-state index is 0.0161. The second-order valence-corrected chi connectivity index (χ2v) is 4.15. The van der Waals surface area contributed by atoms with E-state index in [1.807, 2.05) is 7.05 Å². The van der Waals surface area contributed by atoms with Crippen LogP contribution >= 0.6 is 0 Å². The first-order valence-corrected chi connectivity index (χ1v) is 5.41. The fourth-order valence-corrected chi connectivity index (χ4v) is 1.48. The average molecular weight is 199 g/mol. The molecule has 4 nitrogen and oxygen atoms in total. The first kappa shape index (κ1) is 11.3. The van der Waals surface area contributed by atoms with Gasteiger partial charge in [-0.1, -0.05) is 6.92 Å². The monoisotopic (exact) mass is 199 g/mol. The molecule has 0 heterocycles. The summed E-state index contributed by atoms with van der Waals surface area (Å²) in [5, 5.41) is 8.90. The van der Waals surface area contributed by atoms with Gasteiger partial charge in [-0.15, -0.1) is 0 Å². The van der Waals surface area contributed by atoms with Crippen LogP contribution in [0.15, 0.2) is 0 Å². The van der Waals surface area contributed by atoms with Crippen LogP contribution in [0.2, 0.25) is 0 Å². The first-order valence-electron chi connectivity index (χ1n) is 5.41. The highest BCUT2D eigenvalue weighted by Crippen LogP contribution is 2.17. The molecule has 1 atom stereocenters. The summed E-state index contributed by atoms with van der Waals surface area (Å²) in [6.45, 7) is 3.78. The molecule has 0 aromatic rings. The van der Waals surface area contributed by atoms with Gasteiger partial charge in [-0.2, -0.15) is 0 Å². The van der Waals surface area contributed by atoms with Gasteiger partial charge >= 0.3 is 6.03 Å². The number of nitrogens with one attached hydrogen (secondary N) is 3. The van der Waals surface area contributed by atoms with E-state index in [0.29, 0.717) is 12.0 Å². The van der Waals surface area contributed by atoms with Crippen LogP contribution < -0.4 is 16.0 Å². The molecule has 1 saturated carbocycles. The lowest BCUT2D eigenvalue weighted by molar-refractivity contribution is 0.227. The van der Waals surface area contributed by atoms with Crippen molar-refractivity contribution in [2.24, 2.45) is 5.92 Å². The van der Waals surface area contributed by atoms with Gasteiger partial charge < -0.3 is 16.0 Å². The maximum atomic E-state index is 11.3. The van der Waals surface area contributed by atoms with Crippen LogP contribution in [-0.4, -0.2) is 32.2 Å². The van der Waals surface area contributed by atoms with Crippen LogP contribution in [0.5, 0.6) is 0 Å². The molecule has 1 aliphatic carbocycles. The highest BCUT2D eigenvalue weighted by atomic mass is 16.2. The van der Waals surface area contributed by atoms with E-state index in [9.17, 15) is 4.79 Å². The Morgan fingerprint density at radius 2 is 2.14 bits per heavy atom. The summed E-state index contributed by atoms with van der Waals surface area (Å²) in [6, 6.07) is 0.409. The Hall–Kier alpha value is -0.770. The number of hydrogen-bond donors (Lipinski definition) is 3. The first-order chi connectivity index (χ1) is 6.72. The maximum absolute atomic E-state index is 11.3. The zero-order valence-electron chi connectivity index (χ0n) is 9.10. The fourth-order valence-electron chi connectivity index (χ4n) is 1.48. The van der Waals surface area contributed by atoms with Crippen molar-refractivity contribution < 1.29 is 4.79 Å². The highest BCUT2D eigenvalue weighted by molar-refractivity contribution is 5.74. The van der Waals surface area contributed by atoms with Gasteiger partial charge in [0, 0.05) is 12.6 Å². The third-order valence-electron chi connectivity index (χ3n) is 2.60. The molecule has 0 radical (unpaired) electrons. The summed E-state index contributed by atoms with van der Waals surface area (Å²) in [6.07, 6.45) is 3.53. The predicted octanol–water partition coefficient (Wildman–Crippen LogP) is 0.694. The molecule has 1 unspecified atom stereocenters. The number of rotatable bonds is 5. The van der Waals surface area contributed by atoms with Crippen molar-refractivity contribution in [3.8, 4) is 0 Å². The number of hydrogen-bond acceptors (Lipinski definition) is 2. The van der Waals surface area contributed by atoms with Gasteiger partial charge in [0.2, 0.25) is 0 Å². The maximum Gasteiger partial charge on any atom is 0.315 e. The lowest BCUT2D eigenvalue weighted by Crippen LogP contribution is -2.46. The van der Waals surface area contributed by atoms with Crippen LogP contribution in [0.1, 0.15) is 26.2 Å². The minimum Gasteiger partial charge on any atom is -0.338 e. The van der Waals surface area contributed by atoms with Gasteiger partial charge in [-0.3, -0.25) is 0 Å². The van der Waals surface area contributed by atoms with E-state index >= 15 is 0 Å². The molecule has 0 aromatic heterocycles. The molecule has 1 rings (SSSR count). The Morgan fingerprint density at radius 1 is 1.43 bits per heavy atom. The number of carbonyl (C=O) groups is 1. The van der Waals surface area contributed by atoms with Crippen LogP contribution in [0.25, 0.3) is 0 Å². The molecular weight excluding hydrogens is 178 g/mol. The van der Waals surface area contributed by atoms with Gasteiger partial charge in [0.25, 0.3) is 0 Å². The Morgan fingerprint density at radius 3 is 2.64 bits per heavy atom. The minimum atomic E-state index is -0.0161. The summed E-state index contributed by atoms with van der Waals surface area (Å²) >= 11 is 0. The summed E-state index contributed by atoms with van der Waals surface area (Å²) < 4.78 is 0. The molecule has 0 spiro atoms. The molecule has 82 valence electrons. The van der Waals surface area contributed by atoms with Crippen molar-refractivity contribution in [1.82, 2.24) is 16.0 Å². The lowest BCUT2D eigenvalue weighted by atomic mass is 9.93. The largest absolute Gasteiger partial charge is 0.338 e. The molecule has 1 aliphatic rings. The zero-order chi connectivity index (χ0) is 10.4. The Bertz CT molecular complexity index is 180. The molecule has 4 heteroatoms. The fraction of sp³-hybridized carbons (Fsp3) is 0.900. The zero-order valence-corrected chi connectivity index (χ0v) is 9.10. The standard InChI is InChI=1S/C10H21N3O/c1-8(6-11-2)7-12-10(14)13-9-4-3-5-9/h8-9,11H,3-7H2,1-2H3,(H2,12,13,14). The molecule has 0 aromatic carbocycles. The van der Waals surface area contributed by atoms with Crippen molar-refractivity contribution in [1.29, 1.82) is 0 Å². The van der Waals surface area contributed by atoms with Crippen LogP contribution in [0, 0.1) is 5.92 Å². The Balaban J connectivity index is 2.01. The third kappa shape index (κ3) is 3.96. The van der Waals surface area contributed by atoms with E-state index in [4.69, 9.17) is 0 Å². The van der Waals surface area contributed by atoms with Gasteiger partial charge in [0.05, 0.1) is 0 Å². The molecule has 3 N–H and O–H groups in total. The van der Waals surface area contributed by atoms with E-state index in [1.165, 1.54) is 6.42 Å². The van der Waals surface area contributed by atoms with Gasteiger partial charge in [0.1, 0.15) is 0 Å². The van der Waals surface area contributed by atoms with E-state index in [-0.39, 0.29) is 6.03 Å².